The molecule has 23 heavy (non-hydrogen) atoms. The molecule has 1 saturated heterocycles. The molecule has 1 amide bonds. The van der Waals surface area contributed by atoms with Crippen LogP contribution < -0.4 is 5.32 Å². The Balaban J connectivity index is 1.71. The molecular formula is C18H25BrN2OS. The predicted molar refractivity (Wildman–Crippen MR) is 99.8 cm³/mol. The standard InChI is InChI=1S/C18H25BrN2OS/c1-18(2,12-5-4-8-21(3)10-12)17(22)20-15-11-23-16-7-6-13(19)9-14(15)16/h6-7,9,12,15H,4-5,8,10-11H2,1-3H3,(H,20,22). The lowest BCUT2D eigenvalue weighted by Gasteiger charge is -2.39. The first-order valence-corrected chi connectivity index (χ1v) is 10.1. The molecule has 0 saturated carbocycles. The Morgan fingerprint density at radius 3 is 2.96 bits per heavy atom. The zero-order valence-corrected chi connectivity index (χ0v) is 16.5. The molecule has 2 heterocycles. The zero-order valence-electron chi connectivity index (χ0n) is 14.1. The van der Waals surface area contributed by atoms with E-state index in [1.807, 2.05) is 11.8 Å². The predicted octanol–water partition coefficient (Wildman–Crippen LogP) is 4.08. The molecule has 0 radical (unpaired) electrons. The summed E-state index contributed by atoms with van der Waals surface area (Å²) in [7, 11) is 2.15. The second-order valence-corrected chi connectivity index (χ2v) is 9.32. The fourth-order valence-electron chi connectivity index (χ4n) is 3.59. The maximum absolute atomic E-state index is 13.0. The lowest BCUT2D eigenvalue weighted by Crippen LogP contribution is -2.48. The lowest BCUT2D eigenvalue weighted by molar-refractivity contribution is -0.134. The number of carbonyl (C=O) groups excluding carboxylic acids is 1. The number of halogens is 1. The number of nitrogens with zero attached hydrogens (tertiary/aromatic N) is 1. The van der Waals surface area contributed by atoms with Gasteiger partial charge in [-0.15, -0.1) is 11.8 Å². The van der Waals surface area contributed by atoms with Gasteiger partial charge in [-0.2, -0.15) is 0 Å². The van der Waals surface area contributed by atoms with E-state index < -0.39 is 0 Å². The Morgan fingerprint density at radius 1 is 1.43 bits per heavy atom. The van der Waals surface area contributed by atoms with Crippen LogP contribution >= 0.6 is 27.7 Å². The monoisotopic (exact) mass is 396 g/mol. The summed E-state index contributed by atoms with van der Waals surface area (Å²) >= 11 is 5.37. The average molecular weight is 397 g/mol. The molecule has 1 aromatic carbocycles. The second kappa shape index (κ2) is 6.77. The minimum absolute atomic E-state index is 0.126. The van der Waals surface area contributed by atoms with Gasteiger partial charge in [0, 0.05) is 27.1 Å². The van der Waals surface area contributed by atoms with Crippen LogP contribution in [0.4, 0.5) is 0 Å². The van der Waals surface area contributed by atoms with Crippen molar-refractivity contribution in [1.82, 2.24) is 10.2 Å². The van der Waals surface area contributed by atoms with Gasteiger partial charge < -0.3 is 10.2 Å². The van der Waals surface area contributed by atoms with Crippen LogP contribution in [0.15, 0.2) is 27.6 Å². The highest BCUT2D eigenvalue weighted by Crippen LogP contribution is 2.41. The Labute approximate surface area is 151 Å². The van der Waals surface area contributed by atoms with Gasteiger partial charge in [-0.3, -0.25) is 4.79 Å². The van der Waals surface area contributed by atoms with Gasteiger partial charge in [0.2, 0.25) is 5.91 Å². The highest BCUT2D eigenvalue weighted by atomic mass is 79.9. The van der Waals surface area contributed by atoms with E-state index in [-0.39, 0.29) is 17.4 Å². The second-order valence-electron chi connectivity index (χ2n) is 7.34. The van der Waals surface area contributed by atoms with Gasteiger partial charge in [0.25, 0.3) is 0 Å². The number of nitrogens with one attached hydrogen (secondary N) is 1. The summed E-state index contributed by atoms with van der Waals surface area (Å²) in [5, 5.41) is 3.32. The average Bonchev–Trinajstić information content (AvgIpc) is 2.89. The van der Waals surface area contributed by atoms with Crippen molar-refractivity contribution in [2.45, 2.75) is 37.6 Å². The van der Waals surface area contributed by atoms with Crippen molar-refractivity contribution in [3.63, 3.8) is 0 Å². The van der Waals surface area contributed by atoms with Gasteiger partial charge in [-0.25, -0.2) is 0 Å². The van der Waals surface area contributed by atoms with E-state index in [9.17, 15) is 4.79 Å². The van der Waals surface area contributed by atoms with Crippen molar-refractivity contribution in [3.05, 3.63) is 28.2 Å². The molecule has 3 nitrogen and oxygen atoms in total. The van der Waals surface area contributed by atoms with Crippen molar-refractivity contribution >= 4 is 33.6 Å². The van der Waals surface area contributed by atoms with E-state index in [1.54, 1.807) is 0 Å². The molecule has 2 atom stereocenters. The van der Waals surface area contributed by atoms with Crippen LogP contribution in [-0.4, -0.2) is 36.7 Å². The first kappa shape index (κ1) is 17.3. The normalized spacial score (nSPS) is 25.2. The van der Waals surface area contributed by atoms with E-state index in [2.05, 4.69) is 65.2 Å². The van der Waals surface area contributed by atoms with Gasteiger partial charge in [0.05, 0.1) is 6.04 Å². The van der Waals surface area contributed by atoms with Gasteiger partial charge in [0.15, 0.2) is 0 Å². The van der Waals surface area contributed by atoms with Crippen LogP contribution in [-0.2, 0) is 4.79 Å². The third kappa shape index (κ3) is 3.62. The summed E-state index contributed by atoms with van der Waals surface area (Å²) < 4.78 is 1.08. The highest BCUT2D eigenvalue weighted by Gasteiger charge is 2.40. The molecule has 0 spiro atoms. The first-order valence-electron chi connectivity index (χ1n) is 8.29. The number of amides is 1. The van der Waals surface area contributed by atoms with Gasteiger partial charge in [0.1, 0.15) is 0 Å². The third-order valence-corrected chi connectivity index (χ3v) is 6.96. The maximum Gasteiger partial charge on any atom is 0.226 e. The van der Waals surface area contributed by atoms with Crippen molar-refractivity contribution < 1.29 is 4.79 Å². The zero-order chi connectivity index (χ0) is 16.6. The van der Waals surface area contributed by atoms with Gasteiger partial charge in [-0.05, 0) is 56.1 Å². The fraction of sp³-hybridized carbons (Fsp3) is 0.611. The number of fused-ring (bicyclic) bond motifs is 1. The van der Waals surface area contributed by atoms with Crippen molar-refractivity contribution in [3.8, 4) is 0 Å². The highest BCUT2D eigenvalue weighted by molar-refractivity contribution is 9.10. The molecule has 0 aliphatic carbocycles. The van der Waals surface area contributed by atoms with E-state index in [1.165, 1.54) is 16.9 Å². The molecule has 1 N–H and O–H groups in total. The molecule has 2 aliphatic heterocycles. The molecule has 1 fully saturated rings. The maximum atomic E-state index is 13.0. The quantitative estimate of drug-likeness (QED) is 0.834. The molecular weight excluding hydrogens is 372 g/mol. The number of carbonyl (C=O) groups is 1. The number of rotatable bonds is 3. The Hall–Kier alpha value is -0.520. The van der Waals surface area contributed by atoms with Gasteiger partial charge in [-0.1, -0.05) is 29.8 Å². The minimum atomic E-state index is -0.325. The van der Waals surface area contributed by atoms with E-state index >= 15 is 0 Å². The van der Waals surface area contributed by atoms with Crippen molar-refractivity contribution in [2.24, 2.45) is 11.3 Å². The lowest BCUT2D eigenvalue weighted by atomic mass is 9.74. The fourth-order valence-corrected chi connectivity index (χ4v) is 5.11. The number of hydrogen-bond acceptors (Lipinski definition) is 3. The topological polar surface area (TPSA) is 32.3 Å². The summed E-state index contributed by atoms with van der Waals surface area (Å²) in [6.45, 7) is 6.38. The van der Waals surface area contributed by atoms with Crippen molar-refractivity contribution in [2.75, 3.05) is 25.9 Å². The van der Waals surface area contributed by atoms with Crippen LogP contribution in [0, 0.1) is 11.3 Å². The smallest absolute Gasteiger partial charge is 0.226 e. The van der Waals surface area contributed by atoms with E-state index in [0.29, 0.717) is 5.92 Å². The Kier molecular flexibility index (Phi) is 5.09. The largest absolute Gasteiger partial charge is 0.348 e. The number of hydrogen-bond donors (Lipinski definition) is 1. The Bertz CT molecular complexity index is 605. The number of likely N-dealkylation sites (tertiary alicyclic amines) is 1. The van der Waals surface area contributed by atoms with Crippen molar-refractivity contribution in [1.29, 1.82) is 0 Å². The van der Waals surface area contributed by atoms with Gasteiger partial charge >= 0.3 is 0 Å². The van der Waals surface area contributed by atoms with Crippen LogP contribution in [0.2, 0.25) is 0 Å². The molecule has 126 valence electrons. The Morgan fingerprint density at radius 2 is 2.22 bits per heavy atom. The summed E-state index contributed by atoms with van der Waals surface area (Å²) in [6, 6.07) is 6.47. The minimum Gasteiger partial charge on any atom is -0.348 e. The summed E-state index contributed by atoms with van der Waals surface area (Å²) in [4.78, 5) is 16.6. The number of benzene rings is 1. The molecule has 0 aromatic heterocycles. The molecule has 2 aliphatic rings. The van der Waals surface area contributed by atoms with Crippen LogP contribution in [0.25, 0.3) is 0 Å². The summed E-state index contributed by atoms with van der Waals surface area (Å²) in [6.07, 6.45) is 2.33. The van der Waals surface area contributed by atoms with Crippen LogP contribution in [0.5, 0.6) is 0 Å². The molecule has 0 bridgehead atoms. The first-order chi connectivity index (χ1) is 10.9. The van der Waals surface area contributed by atoms with E-state index in [0.717, 1.165) is 29.7 Å². The van der Waals surface area contributed by atoms with Crippen LogP contribution in [0.3, 0.4) is 0 Å². The number of piperidine rings is 1. The molecule has 5 heteroatoms. The SMILES string of the molecule is CN1CCCC(C(C)(C)C(=O)NC2CSc3ccc(Br)cc32)C1. The third-order valence-electron chi connectivity index (χ3n) is 5.29. The van der Waals surface area contributed by atoms with Crippen LogP contribution in [0.1, 0.15) is 38.3 Å². The summed E-state index contributed by atoms with van der Waals surface area (Å²) in [5.74, 6) is 1.55. The molecule has 1 aromatic rings. The molecule has 3 rings (SSSR count). The summed E-state index contributed by atoms with van der Waals surface area (Å²) in [5.41, 5.74) is 0.919. The number of thioether (sulfide) groups is 1. The molecule has 2 unspecified atom stereocenters. The van der Waals surface area contributed by atoms with E-state index in [4.69, 9.17) is 0 Å².